The molecule has 1 aliphatic heterocycles. The van der Waals surface area contributed by atoms with Gasteiger partial charge < -0.3 is 4.74 Å². The van der Waals surface area contributed by atoms with E-state index in [2.05, 4.69) is 20.8 Å². The smallest absolute Gasteiger partial charge is 0.308 e. The van der Waals surface area contributed by atoms with Crippen molar-refractivity contribution < 1.29 is 9.53 Å². The molecule has 0 bridgehead atoms. The van der Waals surface area contributed by atoms with Crippen molar-refractivity contribution in [3.63, 3.8) is 0 Å². The van der Waals surface area contributed by atoms with Gasteiger partial charge >= 0.3 is 5.97 Å². The molecule has 0 aromatic heterocycles. The Morgan fingerprint density at radius 2 is 2.15 bits per heavy atom. The molecule has 4 atom stereocenters. The zero-order chi connectivity index (χ0) is 10.0. The van der Waals surface area contributed by atoms with Gasteiger partial charge in [0.25, 0.3) is 0 Å². The van der Waals surface area contributed by atoms with Crippen LogP contribution in [0.1, 0.15) is 40.5 Å². The van der Waals surface area contributed by atoms with E-state index in [1.165, 1.54) is 0 Å². The molecular weight excluding hydrogens is 164 g/mol. The highest BCUT2D eigenvalue weighted by Gasteiger charge is 2.35. The van der Waals surface area contributed by atoms with Crippen molar-refractivity contribution in [1.29, 1.82) is 0 Å². The fraction of sp³-hybridized carbons (Fsp3) is 0.909. The third-order valence-electron chi connectivity index (χ3n) is 3.15. The molecule has 0 aromatic carbocycles. The Hall–Kier alpha value is -0.530. The van der Waals surface area contributed by atoms with Gasteiger partial charge in [-0.05, 0) is 18.3 Å². The van der Waals surface area contributed by atoms with Crippen LogP contribution in [0.2, 0.25) is 0 Å². The van der Waals surface area contributed by atoms with Gasteiger partial charge in [-0.25, -0.2) is 0 Å². The largest absolute Gasteiger partial charge is 0.462 e. The molecule has 0 spiro atoms. The fourth-order valence-corrected chi connectivity index (χ4v) is 2.06. The summed E-state index contributed by atoms with van der Waals surface area (Å²) in [6.45, 7) is 8.43. The predicted molar refractivity (Wildman–Crippen MR) is 52.3 cm³/mol. The molecule has 0 aliphatic carbocycles. The van der Waals surface area contributed by atoms with E-state index in [9.17, 15) is 4.79 Å². The predicted octanol–water partition coefficient (Wildman–Crippen LogP) is 2.62. The maximum absolute atomic E-state index is 11.3. The summed E-state index contributed by atoms with van der Waals surface area (Å²) in [5.41, 5.74) is 0. The molecule has 1 rings (SSSR count). The second kappa shape index (κ2) is 4.12. The van der Waals surface area contributed by atoms with Gasteiger partial charge in [-0.2, -0.15) is 0 Å². The topological polar surface area (TPSA) is 26.3 Å². The molecule has 2 heteroatoms. The summed E-state index contributed by atoms with van der Waals surface area (Å²) >= 11 is 0. The van der Waals surface area contributed by atoms with Crippen LogP contribution in [0.15, 0.2) is 0 Å². The summed E-state index contributed by atoms with van der Waals surface area (Å²) < 4.78 is 5.42. The monoisotopic (exact) mass is 184 g/mol. The normalized spacial score (nSPS) is 36.9. The lowest BCUT2D eigenvalue weighted by Crippen LogP contribution is -2.39. The van der Waals surface area contributed by atoms with Crippen LogP contribution in [-0.2, 0) is 9.53 Å². The van der Waals surface area contributed by atoms with Crippen LogP contribution in [0.4, 0.5) is 0 Å². The molecule has 1 saturated heterocycles. The maximum atomic E-state index is 11.3. The van der Waals surface area contributed by atoms with Crippen molar-refractivity contribution in [3.05, 3.63) is 0 Å². The third-order valence-corrected chi connectivity index (χ3v) is 3.15. The average Bonchev–Trinajstić information content (AvgIpc) is 2.10. The second-order valence-electron chi connectivity index (χ2n) is 4.40. The standard InChI is InChI=1S/C11H20O2/c1-5-7(2)10-8(3)6-9(4)11(12)13-10/h7-10H,5-6H2,1-4H3. The van der Waals surface area contributed by atoms with Gasteiger partial charge in [-0.1, -0.05) is 34.1 Å². The van der Waals surface area contributed by atoms with Crippen LogP contribution in [0.3, 0.4) is 0 Å². The number of esters is 1. The minimum absolute atomic E-state index is 0.0107. The van der Waals surface area contributed by atoms with Gasteiger partial charge in [-0.15, -0.1) is 0 Å². The van der Waals surface area contributed by atoms with Gasteiger partial charge in [-0.3, -0.25) is 4.79 Å². The Morgan fingerprint density at radius 1 is 1.54 bits per heavy atom. The molecule has 1 heterocycles. The molecule has 1 fully saturated rings. The zero-order valence-corrected chi connectivity index (χ0v) is 9.04. The van der Waals surface area contributed by atoms with E-state index < -0.39 is 0 Å². The van der Waals surface area contributed by atoms with E-state index in [0.717, 1.165) is 12.8 Å². The summed E-state index contributed by atoms with van der Waals surface area (Å²) in [7, 11) is 0. The zero-order valence-electron chi connectivity index (χ0n) is 9.04. The molecule has 2 nitrogen and oxygen atoms in total. The third kappa shape index (κ3) is 2.23. The van der Waals surface area contributed by atoms with Crippen LogP contribution in [0, 0.1) is 17.8 Å². The lowest BCUT2D eigenvalue weighted by atomic mass is 9.83. The first-order chi connectivity index (χ1) is 6.06. The molecule has 0 aromatic rings. The van der Waals surface area contributed by atoms with Gasteiger partial charge in [0.15, 0.2) is 0 Å². The molecule has 4 unspecified atom stereocenters. The van der Waals surface area contributed by atoms with Gasteiger partial charge in [0.2, 0.25) is 0 Å². The highest BCUT2D eigenvalue weighted by atomic mass is 16.5. The van der Waals surface area contributed by atoms with Gasteiger partial charge in [0.1, 0.15) is 6.10 Å². The summed E-state index contributed by atoms with van der Waals surface area (Å²) in [5, 5.41) is 0. The molecule has 1 aliphatic rings. The minimum Gasteiger partial charge on any atom is -0.462 e. The van der Waals surface area contributed by atoms with Crippen molar-refractivity contribution in [2.45, 2.75) is 46.6 Å². The lowest BCUT2D eigenvalue weighted by molar-refractivity contribution is -0.168. The quantitative estimate of drug-likeness (QED) is 0.617. The maximum Gasteiger partial charge on any atom is 0.308 e. The minimum atomic E-state index is -0.0107. The molecule has 0 radical (unpaired) electrons. The molecular formula is C11H20O2. The van der Waals surface area contributed by atoms with E-state index in [1.54, 1.807) is 0 Å². The summed E-state index contributed by atoms with van der Waals surface area (Å²) in [6, 6.07) is 0. The van der Waals surface area contributed by atoms with E-state index in [4.69, 9.17) is 4.74 Å². The van der Waals surface area contributed by atoms with Gasteiger partial charge in [0.05, 0.1) is 5.92 Å². The molecule has 76 valence electrons. The first kappa shape index (κ1) is 10.6. The Labute approximate surface area is 80.7 Å². The van der Waals surface area contributed by atoms with Crippen molar-refractivity contribution in [2.75, 3.05) is 0 Å². The SMILES string of the molecule is CCC(C)C1OC(=O)C(C)CC1C. The Balaban J connectivity index is 2.61. The average molecular weight is 184 g/mol. The van der Waals surface area contributed by atoms with Gasteiger partial charge in [0, 0.05) is 0 Å². The summed E-state index contributed by atoms with van der Waals surface area (Å²) in [5.74, 6) is 1.09. The highest BCUT2D eigenvalue weighted by molar-refractivity contribution is 5.73. The Bertz CT molecular complexity index is 189. The summed E-state index contributed by atoms with van der Waals surface area (Å²) in [6.07, 6.45) is 2.21. The number of carbonyl (C=O) groups excluding carboxylic acids is 1. The first-order valence-corrected chi connectivity index (χ1v) is 5.26. The van der Waals surface area contributed by atoms with E-state index in [0.29, 0.717) is 11.8 Å². The highest BCUT2D eigenvalue weighted by Crippen LogP contribution is 2.30. The van der Waals surface area contributed by atoms with E-state index in [1.807, 2.05) is 6.92 Å². The molecule has 13 heavy (non-hydrogen) atoms. The van der Waals surface area contributed by atoms with Crippen molar-refractivity contribution in [1.82, 2.24) is 0 Å². The van der Waals surface area contributed by atoms with Crippen LogP contribution in [0.5, 0.6) is 0 Å². The van der Waals surface area contributed by atoms with Crippen molar-refractivity contribution in [2.24, 2.45) is 17.8 Å². The van der Waals surface area contributed by atoms with Crippen LogP contribution >= 0.6 is 0 Å². The summed E-state index contributed by atoms with van der Waals surface area (Å²) in [4.78, 5) is 11.3. The second-order valence-corrected chi connectivity index (χ2v) is 4.40. The van der Waals surface area contributed by atoms with Crippen LogP contribution < -0.4 is 0 Å². The van der Waals surface area contributed by atoms with E-state index >= 15 is 0 Å². The Kier molecular flexibility index (Phi) is 3.34. The first-order valence-electron chi connectivity index (χ1n) is 5.26. The number of rotatable bonds is 2. The molecule has 0 N–H and O–H groups in total. The van der Waals surface area contributed by atoms with Crippen molar-refractivity contribution in [3.8, 4) is 0 Å². The number of carbonyl (C=O) groups is 1. The van der Waals surface area contributed by atoms with E-state index in [-0.39, 0.29) is 18.0 Å². The number of hydrogen-bond acceptors (Lipinski definition) is 2. The number of ether oxygens (including phenoxy) is 1. The number of cyclic esters (lactones) is 1. The van der Waals surface area contributed by atoms with Crippen LogP contribution in [0.25, 0.3) is 0 Å². The van der Waals surface area contributed by atoms with Crippen LogP contribution in [-0.4, -0.2) is 12.1 Å². The lowest BCUT2D eigenvalue weighted by Gasteiger charge is -2.35. The number of hydrogen-bond donors (Lipinski definition) is 0. The molecule has 0 saturated carbocycles. The van der Waals surface area contributed by atoms with Crippen molar-refractivity contribution >= 4 is 5.97 Å². The molecule has 0 amide bonds. The fourth-order valence-electron chi connectivity index (χ4n) is 2.06. The Morgan fingerprint density at radius 3 is 2.69 bits per heavy atom.